The van der Waals surface area contributed by atoms with Crippen molar-refractivity contribution in [2.45, 2.75) is 0 Å². The molecule has 0 aliphatic rings. The van der Waals surface area contributed by atoms with E-state index < -0.39 is 5.97 Å². The number of aliphatic carboxylic acids is 1. The molecule has 18 heavy (non-hydrogen) atoms. The Bertz CT molecular complexity index is 635. The highest BCUT2D eigenvalue weighted by molar-refractivity contribution is 5.84. The van der Waals surface area contributed by atoms with Gasteiger partial charge in [-0.2, -0.15) is 10.2 Å². The molecule has 2 rings (SSSR count). The Morgan fingerprint density at radius 3 is 2.72 bits per heavy atom. The zero-order valence-corrected chi connectivity index (χ0v) is 9.07. The molecule has 6 nitrogen and oxygen atoms in total. The molecule has 1 N–H and O–H groups in total. The molecule has 0 unspecified atom stereocenters. The van der Waals surface area contributed by atoms with Crippen LogP contribution in [0, 0.1) is 11.3 Å². The first kappa shape index (κ1) is 11.5. The molecule has 0 aliphatic heterocycles. The Hall–Kier alpha value is -2.94. The first-order valence-corrected chi connectivity index (χ1v) is 4.94. The monoisotopic (exact) mass is 241 g/mol. The molecule has 88 valence electrons. The topological polar surface area (TPSA) is 100 Å². The molecule has 0 atom stereocenters. The fraction of sp³-hybridized carbons (Fsp3) is 0. The second-order valence-corrected chi connectivity index (χ2v) is 3.32. The van der Waals surface area contributed by atoms with Gasteiger partial charge in [0.2, 0.25) is 0 Å². The van der Waals surface area contributed by atoms with Crippen LogP contribution in [0.2, 0.25) is 0 Å². The number of rotatable bonds is 3. The average molecular weight is 241 g/mol. The van der Waals surface area contributed by atoms with E-state index in [1.165, 1.54) is 6.08 Å². The van der Waals surface area contributed by atoms with Crippen molar-refractivity contribution in [1.29, 1.82) is 5.26 Å². The fourth-order valence-electron chi connectivity index (χ4n) is 1.25. The van der Waals surface area contributed by atoms with E-state index in [-0.39, 0.29) is 11.7 Å². The van der Waals surface area contributed by atoms with Crippen molar-refractivity contribution in [3.63, 3.8) is 0 Å². The van der Waals surface area contributed by atoms with E-state index in [0.29, 0.717) is 11.1 Å². The van der Waals surface area contributed by atoms with Crippen LogP contribution < -0.4 is 0 Å². The van der Waals surface area contributed by atoms with Gasteiger partial charge in [-0.1, -0.05) is 5.16 Å². The third-order valence-corrected chi connectivity index (χ3v) is 2.08. The van der Waals surface area contributed by atoms with Gasteiger partial charge in [0.25, 0.3) is 5.89 Å². The highest BCUT2D eigenvalue weighted by atomic mass is 16.5. The number of hydrogen-bond acceptors (Lipinski definition) is 5. The summed E-state index contributed by atoms with van der Waals surface area (Å²) >= 11 is 0. The summed E-state index contributed by atoms with van der Waals surface area (Å²) in [5, 5.41) is 20.7. The highest BCUT2D eigenvalue weighted by Gasteiger charge is 2.06. The number of carboxylic acids is 1. The number of benzene rings is 1. The van der Waals surface area contributed by atoms with Gasteiger partial charge in [-0.3, -0.25) is 0 Å². The lowest BCUT2D eigenvalue weighted by atomic mass is 10.1. The van der Waals surface area contributed by atoms with Crippen LogP contribution >= 0.6 is 0 Å². The van der Waals surface area contributed by atoms with E-state index in [4.69, 9.17) is 14.9 Å². The summed E-state index contributed by atoms with van der Waals surface area (Å²) < 4.78 is 4.97. The van der Waals surface area contributed by atoms with Crippen molar-refractivity contribution in [2.24, 2.45) is 0 Å². The molecule has 0 fully saturated rings. The summed E-state index contributed by atoms with van der Waals surface area (Å²) in [4.78, 5) is 14.3. The molecule has 0 saturated carbocycles. The first-order valence-electron chi connectivity index (χ1n) is 4.94. The number of nitrogens with zero attached hydrogens (tertiary/aromatic N) is 3. The molecule has 0 amide bonds. The van der Waals surface area contributed by atoms with Crippen molar-refractivity contribution >= 4 is 12.0 Å². The maximum atomic E-state index is 10.3. The normalized spacial score (nSPS) is 10.4. The van der Waals surface area contributed by atoms with Crippen molar-refractivity contribution < 1.29 is 14.4 Å². The Balaban J connectivity index is 2.24. The lowest BCUT2D eigenvalue weighted by Crippen LogP contribution is -1.86. The SMILES string of the molecule is N#Cc1ccc(-c2nc(/C=C/C(=O)O)no2)cc1. The molecule has 1 heterocycles. The summed E-state index contributed by atoms with van der Waals surface area (Å²) in [5.41, 5.74) is 1.20. The second-order valence-electron chi connectivity index (χ2n) is 3.32. The average Bonchev–Trinajstić information content (AvgIpc) is 2.85. The molecule has 0 spiro atoms. The third kappa shape index (κ3) is 2.59. The van der Waals surface area contributed by atoms with Crippen molar-refractivity contribution in [2.75, 3.05) is 0 Å². The van der Waals surface area contributed by atoms with Gasteiger partial charge in [0, 0.05) is 11.6 Å². The number of carboxylic acid groups (broad SMARTS) is 1. The highest BCUT2D eigenvalue weighted by Crippen LogP contribution is 2.17. The molecule has 0 saturated heterocycles. The summed E-state index contributed by atoms with van der Waals surface area (Å²) in [5.74, 6) is -0.638. The van der Waals surface area contributed by atoms with E-state index in [1.807, 2.05) is 6.07 Å². The van der Waals surface area contributed by atoms with Gasteiger partial charge in [-0.05, 0) is 30.3 Å². The quantitative estimate of drug-likeness (QED) is 0.821. The van der Waals surface area contributed by atoms with Crippen LogP contribution in [-0.2, 0) is 4.79 Å². The van der Waals surface area contributed by atoms with Gasteiger partial charge in [0.1, 0.15) is 0 Å². The van der Waals surface area contributed by atoms with Crippen molar-refractivity contribution in [3.8, 4) is 17.5 Å². The second kappa shape index (κ2) is 4.93. The minimum atomic E-state index is -1.08. The van der Waals surface area contributed by atoms with Crippen LogP contribution in [0.15, 0.2) is 34.9 Å². The third-order valence-electron chi connectivity index (χ3n) is 2.08. The minimum absolute atomic E-state index is 0.178. The van der Waals surface area contributed by atoms with Gasteiger partial charge >= 0.3 is 5.97 Å². The Morgan fingerprint density at radius 2 is 2.11 bits per heavy atom. The minimum Gasteiger partial charge on any atom is -0.478 e. The zero-order valence-electron chi connectivity index (χ0n) is 9.07. The van der Waals surface area contributed by atoms with Crippen LogP contribution in [0.3, 0.4) is 0 Å². The fourth-order valence-corrected chi connectivity index (χ4v) is 1.25. The van der Waals surface area contributed by atoms with E-state index in [0.717, 1.165) is 6.08 Å². The van der Waals surface area contributed by atoms with Crippen molar-refractivity contribution in [1.82, 2.24) is 10.1 Å². The summed E-state index contributed by atoms with van der Waals surface area (Å²) in [6.07, 6.45) is 2.16. The summed E-state index contributed by atoms with van der Waals surface area (Å²) in [7, 11) is 0. The molecule has 2 aromatic rings. The maximum absolute atomic E-state index is 10.3. The van der Waals surface area contributed by atoms with Gasteiger partial charge in [-0.25, -0.2) is 4.79 Å². The lowest BCUT2D eigenvalue weighted by Gasteiger charge is -1.92. The van der Waals surface area contributed by atoms with Crippen molar-refractivity contribution in [3.05, 3.63) is 41.7 Å². The molecule has 1 aromatic carbocycles. The molecule has 1 aromatic heterocycles. The van der Waals surface area contributed by atoms with E-state index in [1.54, 1.807) is 24.3 Å². The zero-order chi connectivity index (χ0) is 13.0. The molecule has 0 radical (unpaired) electrons. The van der Waals surface area contributed by atoms with Gasteiger partial charge in [0.15, 0.2) is 5.82 Å². The number of aromatic nitrogens is 2. The largest absolute Gasteiger partial charge is 0.478 e. The Labute approximate surface area is 102 Å². The molecule has 0 bridgehead atoms. The number of nitriles is 1. The predicted molar refractivity (Wildman–Crippen MR) is 61.1 cm³/mol. The van der Waals surface area contributed by atoms with E-state index in [2.05, 4.69) is 10.1 Å². The first-order chi connectivity index (χ1) is 8.69. The van der Waals surface area contributed by atoms with Gasteiger partial charge in [-0.15, -0.1) is 0 Å². The van der Waals surface area contributed by atoms with Crippen LogP contribution in [0.1, 0.15) is 11.4 Å². The molecule has 6 heteroatoms. The summed E-state index contributed by atoms with van der Waals surface area (Å²) in [6, 6.07) is 8.62. The number of carbonyl (C=O) groups is 1. The molecule has 0 aliphatic carbocycles. The summed E-state index contributed by atoms with van der Waals surface area (Å²) in [6.45, 7) is 0. The Kier molecular flexibility index (Phi) is 3.16. The van der Waals surface area contributed by atoms with Crippen LogP contribution in [0.4, 0.5) is 0 Å². The van der Waals surface area contributed by atoms with Crippen LogP contribution in [0.25, 0.3) is 17.5 Å². The lowest BCUT2D eigenvalue weighted by molar-refractivity contribution is -0.131. The van der Waals surface area contributed by atoms with Crippen LogP contribution in [-0.4, -0.2) is 21.2 Å². The number of hydrogen-bond donors (Lipinski definition) is 1. The van der Waals surface area contributed by atoms with E-state index in [9.17, 15) is 4.79 Å². The Morgan fingerprint density at radius 1 is 1.39 bits per heavy atom. The smallest absolute Gasteiger partial charge is 0.328 e. The standard InChI is InChI=1S/C12H7N3O3/c13-7-8-1-3-9(4-2-8)12-14-10(15-18-12)5-6-11(16)17/h1-6H,(H,16,17)/b6-5+. The van der Waals surface area contributed by atoms with Gasteiger partial charge < -0.3 is 9.63 Å². The maximum Gasteiger partial charge on any atom is 0.328 e. The van der Waals surface area contributed by atoms with Crippen LogP contribution in [0.5, 0.6) is 0 Å². The van der Waals surface area contributed by atoms with E-state index >= 15 is 0 Å². The molecular weight excluding hydrogens is 234 g/mol. The van der Waals surface area contributed by atoms with Gasteiger partial charge in [0.05, 0.1) is 11.6 Å². The molecular formula is C12H7N3O3. The predicted octanol–water partition coefficient (Wildman–Crippen LogP) is 1.71.